The lowest BCUT2D eigenvalue weighted by molar-refractivity contribution is 0.102. The zero-order valence-corrected chi connectivity index (χ0v) is 16.7. The number of aryl methyl sites for hydroxylation is 1. The van der Waals surface area contributed by atoms with Crippen LogP contribution in [0, 0.1) is 6.92 Å². The minimum Gasteiger partial charge on any atom is -0.463 e. The first kappa shape index (κ1) is 18.2. The molecule has 0 bridgehead atoms. The molecule has 0 saturated carbocycles. The maximum Gasteiger partial charge on any atom is 0.260 e. The number of amides is 1. The van der Waals surface area contributed by atoms with Crippen LogP contribution in [-0.2, 0) is 0 Å². The molecule has 3 heterocycles. The summed E-state index contributed by atoms with van der Waals surface area (Å²) in [7, 11) is 0. The Labute approximate surface area is 166 Å². The number of nitrogens with zero attached hydrogens (tertiary/aromatic N) is 3. The van der Waals surface area contributed by atoms with E-state index in [9.17, 15) is 4.79 Å². The van der Waals surface area contributed by atoms with Crippen molar-refractivity contribution in [3.05, 3.63) is 71.1 Å². The van der Waals surface area contributed by atoms with Crippen molar-refractivity contribution >= 4 is 22.4 Å². The van der Waals surface area contributed by atoms with Gasteiger partial charge in [0.25, 0.3) is 5.91 Å². The molecule has 7 heteroatoms. The van der Waals surface area contributed by atoms with Crippen molar-refractivity contribution in [1.82, 2.24) is 14.8 Å². The molecule has 4 rings (SSSR count). The monoisotopic (exact) mass is 392 g/mol. The fourth-order valence-corrected chi connectivity index (χ4v) is 3.71. The van der Waals surface area contributed by atoms with Gasteiger partial charge in [0.2, 0.25) is 0 Å². The highest BCUT2D eigenvalue weighted by molar-refractivity contribution is 7.14. The van der Waals surface area contributed by atoms with E-state index < -0.39 is 0 Å². The molecule has 0 saturated heterocycles. The summed E-state index contributed by atoms with van der Waals surface area (Å²) in [5.74, 6) is 0.578. The second-order valence-corrected chi connectivity index (χ2v) is 7.67. The SMILES string of the molecule is Cc1ccc(-n2ncc(C(=O)Nc3nc(-c4ccco4)cs3)c2C(C)C)cc1. The second kappa shape index (κ2) is 7.44. The highest BCUT2D eigenvalue weighted by atomic mass is 32.1. The topological polar surface area (TPSA) is 73.0 Å². The highest BCUT2D eigenvalue weighted by Gasteiger charge is 2.22. The summed E-state index contributed by atoms with van der Waals surface area (Å²) in [6.45, 7) is 6.15. The third-order valence-corrected chi connectivity index (χ3v) is 5.13. The Morgan fingerprint density at radius 2 is 2.00 bits per heavy atom. The number of aromatic nitrogens is 3. The van der Waals surface area contributed by atoms with Crippen molar-refractivity contribution in [2.75, 3.05) is 5.32 Å². The Balaban J connectivity index is 1.62. The third kappa shape index (κ3) is 3.48. The normalized spacial score (nSPS) is 11.1. The largest absolute Gasteiger partial charge is 0.463 e. The molecule has 0 radical (unpaired) electrons. The van der Waals surface area contributed by atoms with Crippen molar-refractivity contribution < 1.29 is 9.21 Å². The number of carbonyl (C=O) groups is 1. The Hall–Kier alpha value is -3.19. The van der Waals surface area contributed by atoms with Crippen LogP contribution in [0.3, 0.4) is 0 Å². The molecule has 0 spiro atoms. The fraction of sp³-hybridized carbons (Fsp3) is 0.190. The van der Waals surface area contributed by atoms with Gasteiger partial charge >= 0.3 is 0 Å². The van der Waals surface area contributed by atoms with Gasteiger partial charge in [0.15, 0.2) is 10.9 Å². The van der Waals surface area contributed by atoms with Gasteiger partial charge in [-0.15, -0.1) is 11.3 Å². The summed E-state index contributed by atoms with van der Waals surface area (Å²) in [6.07, 6.45) is 3.22. The molecule has 0 unspecified atom stereocenters. The number of benzene rings is 1. The van der Waals surface area contributed by atoms with Crippen LogP contribution in [-0.4, -0.2) is 20.7 Å². The van der Waals surface area contributed by atoms with Crippen LogP contribution in [0.5, 0.6) is 0 Å². The Bertz CT molecular complexity index is 1090. The van der Waals surface area contributed by atoms with Gasteiger partial charge in [0.05, 0.1) is 29.4 Å². The lowest BCUT2D eigenvalue weighted by atomic mass is 10.0. The summed E-state index contributed by atoms with van der Waals surface area (Å²) in [6, 6.07) is 11.7. The number of rotatable bonds is 5. The molecule has 0 fully saturated rings. The smallest absolute Gasteiger partial charge is 0.260 e. The number of nitrogens with one attached hydrogen (secondary N) is 1. The van der Waals surface area contributed by atoms with E-state index in [0.717, 1.165) is 11.4 Å². The van der Waals surface area contributed by atoms with Gasteiger partial charge in [-0.1, -0.05) is 31.5 Å². The molecule has 1 aromatic carbocycles. The lowest BCUT2D eigenvalue weighted by Gasteiger charge is -2.12. The van der Waals surface area contributed by atoms with Crippen molar-refractivity contribution in [3.8, 4) is 17.1 Å². The van der Waals surface area contributed by atoms with E-state index >= 15 is 0 Å². The van der Waals surface area contributed by atoms with Crippen molar-refractivity contribution in [1.29, 1.82) is 0 Å². The molecule has 4 aromatic rings. The van der Waals surface area contributed by atoms with E-state index in [4.69, 9.17) is 4.42 Å². The van der Waals surface area contributed by atoms with Gasteiger partial charge in [0, 0.05) is 5.38 Å². The first-order chi connectivity index (χ1) is 13.5. The number of furan rings is 1. The van der Waals surface area contributed by atoms with Gasteiger partial charge in [-0.3, -0.25) is 10.1 Å². The summed E-state index contributed by atoms with van der Waals surface area (Å²) >= 11 is 1.36. The Kier molecular flexibility index (Phi) is 4.83. The number of thiazole rings is 1. The van der Waals surface area contributed by atoms with Gasteiger partial charge in [0.1, 0.15) is 5.69 Å². The predicted molar refractivity (Wildman–Crippen MR) is 110 cm³/mol. The van der Waals surface area contributed by atoms with Crippen LogP contribution in [0.4, 0.5) is 5.13 Å². The van der Waals surface area contributed by atoms with Crippen molar-refractivity contribution in [2.24, 2.45) is 0 Å². The average Bonchev–Trinajstić information content (AvgIpc) is 3.42. The summed E-state index contributed by atoms with van der Waals surface area (Å²) in [5, 5.41) is 9.73. The summed E-state index contributed by atoms with van der Waals surface area (Å²) < 4.78 is 7.18. The number of hydrogen-bond donors (Lipinski definition) is 1. The first-order valence-electron chi connectivity index (χ1n) is 8.98. The summed E-state index contributed by atoms with van der Waals surface area (Å²) in [5.41, 5.74) is 4.22. The van der Waals surface area contributed by atoms with Gasteiger partial charge in [-0.2, -0.15) is 5.10 Å². The molecule has 142 valence electrons. The molecule has 0 aliphatic rings. The fourth-order valence-electron chi connectivity index (χ4n) is 3.01. The minimum atomic E-state index is -0.220. The quantitative estimate of drug-likeness (QED) is 0.502. The van der Waals surface area contributed by atoms with Gasteiger partial charge in [-0.05, 0) is 37.1 Å². The highest BCUT2D eigenvalue weighted by Crippen LogP contribution is 2.27. The van der Waals surface area contributed by atoms with Crippen LogP contribution < -0.4 is 5.32 Å². The molecule has 6 nitrogen and oxygen atoms in total. The molecule has 3 aromatic heterocycles. The standard InChI is InChI=1S/C21H20N4O2S/c1-13(2)19-16(11-22-25(19)15-8-6-14(3)7-9-15)20(26)24-21-23-17(12-28-21)18-5-4-10-27-18/h4-13H,1-3H3,(H,23,24,26). The zero-order chi connectivity index (χ0) is 19.7. The Morgan fingerprint density at radius 1 is 1.21 bits per heavy atom. The molecular formula is C21H20N4O2S. The first-order valence-corrected chi connectivity index (χ1v) is 9.86. The van der Waals surface area contributed by atoms with E-state index in [1.165, 1.54) is 16.9 Å². The Morgan fingerprint density at radius 3 is 2.68 bits per heavy atom. The van der Waals surface area contributed by atoms with Crippen LogP contribution in [0.25, 0.3) is 17.1 Å². The molecule has 0 aliphatic heterocycles. The number of hydrogen-bond acceptors (Lipinski definition) is 5. The van der Waals surface area contributed by atoms with Crippen LogP contribution in [0.2, 0.25) is 0 Å². The van der Waals surface area contributed by atoms with E-state index in [-0.39, 0.29) is 11.8 Å². The summed E-state index contributed by atoms with van der Waals surface area (Å²) in [4.78, 5) is 17.3. The molecular weight excluding hydrogens is 372 g/mol. The average molecular weight is 392 g/mol. The van der Waals surface area contributed by atoms with E-state index in [1.807, 2.05) is 47.3 Å². The molecule has 1 N–H and O–H groups in total. The van der Waals surface area contributed by atoms with Crippen molar-refractivity contribution in [3.63, 3.8) is 0 Å². The van der Waals surface area contributed by atoms with Gasteiger partial charge in [-0.25, -0.2) is 9.67 Å². The minimum absolute atomic E-state index is 0.125. The van der Waals surface area contributed by atoms with Crippen LogP contribution in [0.15, 0.2) is 58.7 Å². The molecule has 0 atom stereocenters. The zero-order valence-electron chi connectivity index (χ0n) is 15.8. The van der Waals surface area contributed by atoms with E-state index in [1.54, 1.807) is 18.5 Å². The molecule has 0 aliphatic carbocycles. The number of carbonyl (C=O) groups excluding carboxylic acids is 1. The van der Waals surface area contributed by atoms with Gasteiger partial charge < -0.3 is 4.42 Å². The third-order valence-electron chi connectivity index (χ3n) is 4.37. The second-order valence-electron chi connectivity index (χ2n) is 6.81. The lowest BCUT2D eigenvalue weighted by Crippen LogP contribution is -2.15. The van der Waals surface area contributed by atoms with E-state index in [2.05, 4.69) is 29.2 Å². The van der Waals surface area contributed by atoms with Crippen molar-refractivity contribution in [2.45, 2.75) is 26.7 Å². The molecule has 1 amide bonds. The maximum atomic E-state index is 12.9. The predicted octanol–water partition coefficient (Wildman–Crippen LogP) is 5.27. The number of anilines is 1. The van der Waals surface area contributed by atoms with E-state index in [0.29, 0.717) is 22.1 Å². The maximum absolute atomic E-state index is 12.9. The van der Waals surface area contributed by atoms with Crippen LogP contribution in [0.1, 0.15) is 41.4 Å². The van der Waals surface area contributed by atoms with Crippen LogP contribution >= 0.6 is 11.3 Å². The molecule has 28 heavy (non-hydrogen) atoms.